The van der Waals surface area contributed by atoms with Crippen LogP contribution in [-0.4, -0.2) is 9.97 Å². The van der Waals surface area contributed by atoms with Crippen molar-refractivity contribution in [2.75, 3.05) is 5.32 Å². The number of fused-ring (bicyclic) bond motifs is 1. The van der Waals surface area contributed by atoms with E-state index in [0.717, 1.165) is 17.1 Å². The summed E-state index contributed by atoms with van der Waals surface area (Å²) in [6.45, 7) is 3.82. The Balaban J connectivity index is 1.99. The molecule has 0 unspecified atom stereocenters. The fraction of sp³-hybridized carbons (Fsp3) is 0.125. The normalized spacial score (nSPS) is 10.8. The number of hydrogen-bond donors (Lipinski definition) is 1. The number of hydrogen-bond acceptors (Lipinski definition) is 3. The van der Waals surface area contributed by atoms with Gasteiger partial charge < -0.3 is 5.32 Å². The zero-order valence-corrected chi connectivity index (χ0v) is 12.1. The van der Waals surface area contributed by atoms with Crippen LogP contribution < -0.4 is 5.32 Å². The molecule has 0 bridgehead atoms. The van der Waals surface area contributed by atoms with Gasteiger partial charge in [-0.1, -0.05) is 41.9 Å². The smallest absolute Gasteiger partial charge is 0.172 e. The number of aryl methyl sites for hydroxylation is 2. The standard InChI is InChI=1S/C16H14ClN3/c1-10-11(2)19-16(15(17)18-10)20-14-8-7-12-5-3-4-6-13(12)9-14/h3-9H,1-2H3,(H,19,20). The van der Waals surface area contributed by atoms with Crippen LogP contribution in [0.3, 0.4) is 0 Å². The predicted octanol–water partition coefficient (Wildman–Crippen LogP) is 4.64. The number of rotatable bonds is 2. The second-order valence-electron chi connectivity index (χ2n) is 4.72. The lowest BCUT2D eigenvalue weighted by Gasteiger charge is -2.10. The molecule has 0 aliphatic heterocycles. The molecule has 3 aromatic rings. The van der Waals surface area contributed by atoms with Crippen LogP contribution in [-0.2, 0) is 0 Å². The summed E-state index contributed by atoms with van der Waals surface area (Å²) < 4.78 is 0. The van der Waals surface area contributed by atoms with E-state index in [9.17, 15) is 0 Å². The Hall–Kier alpha value is -2.13. The summed E-state index contributed by atoms with van der Waals surface area (Å²) in [7, 11) is 0. The number of nitrogens with zero attached hydrogens (tertiary/aromatic N) is 2. The van der Waals surface area contributed by atoms with E-state index in [4.69, 9.17) is 11.6 Å². The Morgan fingerprint density at radius 1 is 0.900 bits per heavy atom. The van der Waals surface area contributed by atoms with Crippen LogP contribution >= 0.6 is 11.6 Å². The largest absolute Gasteiger partial charge is 0.338 e. The lowest BCUT2D eigenvalue weighted by atomic mass is 10.1. The molecule has 0 aliphatic rings. The molecular formula is C16H14ClN3. The molecule has 0 amide bonds. The van der Waals surface area contributed by atoms with Crippen molar-refractivity contribution < 1.29 is 0 Å². The first-order valence-electron chi connectivity index (χ1n) is 6.40. The second kappa shape index (κ2) is 5.10. The summed E-state index contributed by atoms with van der Waals surface area (Å²) in [6.07, 6.45) is 0. The first-order chi connectivity index (χ1) is 9.63. The minimum absolute atomic E-state index is 0.390. The average Bonchev–Trinajstić information content (AvgIpc) is 2.44. The molecule has 3 nitrogen and oxygen atoms in total. The third kappa shape index (κ3) is 2.45. The van der Waals surface area contributed by atoms with Crippen molar-refractivity contribution in [3.63, 3.8) is 0 Å². The van der Waals surface area contributed by atoms with Gasteiger partial charge in [-0.15, -0.1) is 0 Å². The summed E-state index contributed by atoms with van der Waals surface area (Å²) in [5.74, 6) is 0.588. The van der Waals surface area contributed by atoms with Crippen molar-refractivity contribution in [3.05, 3.63) is 59.0 Å². The van der Waals surface area contributed by atoms with Crippen LogP contribution in [0.5, 0.6) is 0 Å². The van der Waals surface area contributed by atoms with Gasteiger partial charge in [0.25, 0.3) is 0 Å². The van der Waals surface area contributed by atoms with Crippen molar-refractivity contribution >= 4 is 33.9 Å². The minimum Gasteiger partial charge on any atom is -0.338 e. The number of aromatic nitrogens is 2. The van der Waals surface area contributed by atoms with Gasteiger partial charge in [0.05, 0.1) is 11.4 Å². The molecule has 1 aromatic heterocycles. The molecule has 4 heteroatoms. The van der Waals surface area contributed by atoms with Crippen LogP contribution in [0, 0.1) is 13.8 Å². The van der Waals surface area contributed by atoms with Crippen LogP contribution in [0.4, 0.5) is 11.5 Å². The van der Waals surface area contributed by atoms with Crippen molar-refractivity contribution in [1.29, 1.82) is 0 Å². The summed E-state index contributed by atoms with van der Waals surface area (Å²) in [5.41, 5.74) is 2.67. The van der Waals surface area contributed by atoms with E-state index >= 15 is 0 Å². The second-order valence-corrected chi connectivity index (χ2v) is 5.08. The lowest BCUT2D eigenvalue weighted by Crippen LogP contribution is -2.00. The Bertz CT molecular complexity index is 784. The molecule has 1 heterocycles. The van der Waals surface area contributed by atoms with Gasteiger partial charge in [-0.2, -0.15) is 0 Å². The molecule has 0 fully saturated rings. The monoisotopic (exact) mass is 283 g/mol. The first-order valence-corrected chi connectivity index (χ1v) is 6.78. The zero-order valence-electron chi connectivity index (χ0n) is 11.3. The number of halogens is 1. The number of nitrogens with one attached hydrogen (secondary N) is 1. The Labute approximate surface area is 122 Å². The van der Waals surface area contributed by atoms with Gasteiger partial charge in [0.1, 0.15) is 0 Å². The third-order valence-corrected chi connectivity index (χ3v) is 3.54. The maximum atomic E-state index is 6.13. The van der Waals surface area contributed by atoms with Gasteiger partial charge in [-0.25, -0.2) is 9.97 Å². The molecule has 0 atom stereocenters. The molecule has 20 heavy (non-hydrogen) atoms. The van der Waals surface area contributed by atoms with E-state index in [1.807, 2.05) is 32.0 Å². The SMILES string of the molecule is Cc1nc(Cl)c(Nc2ccc3ccccc3c2)nc1C. The highest BCUT2D eigenvalue weighted by atomic mass is 35.5. The number of benzene rings is 2. The van der Waals surface area contributed by atoms with Gasteiger partial charge >= 0.3 is 0 Å². The molecule has 3 rings (SSSR count). The predicted molar refractivity (Wildman–Crippen MR) is 83.7 cm³/mol. The Kier molecular flexibility index (Phi) is 3.28. The van der Waals surface area contributed by atoms with Gasteiger partial charge in [-0.3, -0.25) is 0 Å². The van der Waals surface area contributed by atoms with Crippen LogP contribution in [0.25, 0.3) is 10.8 Å². The topological polar surface area (TPSA) is 37.8 Å². The summed E-state index contributed by atoms with van der Waals surface area (Å²) in [4.78, 5) is 8.71. The first kappa shape index (κ1) is 12.9. The maximum absolute atomic E-state index is 6.13. The molecule has 100 valence electrons. The molecule has 1 N–H and O–H groups in total. The van der Waals surface area contributed by atoms with E-state index in [1.54, 1.807) is 0 Å². The molecule has 0 radical (unpaired) electrons. The van der Waals surface area contributed by atoms with Crippen molar-refractivity contribution in [3.8, 4) is 0 Å². The van der Waals surface area contributed by atoms with E-state index in [2.05, 4.69) is 39.6 Å². The van der Waals surface area contributed by atoms with E-state index < -0.39 is 0 Å². The van der Waals surface area contributed by atoms with Gasteiger partial charge in [0.15, 0.2) is 11.0 Å². The molecular weight excluding hydrogens is 270 g/mol. The summed E-state index contributed by atoms with van der Waals surface area (Å²) >= 11 is 6.13. The Morgan fingerprint density at radius 2 is 1.60 bits per heavy atom. The van der Waals surface area contributed by atoms with Crippen molar-refractivity contribution in [2.45, 2.75) is 13.8 Å². The average molecular weight is 284 g/mol. The third-order valence-electron chi connectivity index (χ3n) is 3.28. The molecule has 0 aliphatic carbocycles. The molecule has 0 spiro atoms. The molecule has 0 saturated carbocycles. The van der Waals surface area contributed by atoms with Crippen LogP contribution in [0.1, 0.15) is 11.4 Å². The van der Waals surface area contributed by atoms with Crippen LogP contribution in [0.2, 0.25) is 5.15 Å². The minimum atomic E-state index is 0.390. The van der Waals surface area contributed by atoms with E-state index in [0.29, 0.717) is 11.0 Å². The van der Waals surface area contributed by atoms with E-state index in [-0.39, 0.29) is 0 Å². The number of anilines is 2. The highest BCUT2D eigenvalue weighted by Crippen LogP contribution is 2.25. The maximum Gasteiger partial charge on any atom is 0.172 e. The van der Waals surface area contributed by atoms with Gasteiger partial charge in [0.2, 0.25) is 0 Å². The molecule has 2 aromatic carbocycles. The summed E-state index contributed by atoms with van der Waals surface area (Å²) in [6, 6.07) is 14.4. The van der Waals surface area contributed by atoms with Gasteiger partial charge in [0, 0.05) is 5.69 Å². The van der Waals surface area contributed by atoms with Crippen molar-refractivity contribution in [1.82, 2.24) is 9.97 Å². The summed E-state index contributed by atoms with van der Waals surface area (Å²) in [5, 5.41) is 5.99. The Morgan fingerprint density at radius 3 is 2.40 bits per heavy atom. The fourth-order valence-corrected chi connectivity index (χ4v) is 2.28. The van der Waals surface area contributed by atoms with Gasteiger partial charge in [-0.05, 0) is 36.8 Å². The highest BCUT2D eigenvalue weighted by molar-refractivity contribution is 6.31. The van der Waals surface area contributed by atoms with Crippen molar-refractivity contribution in [2.24, 2.45) is 0 Å². The lowest BCUT2D eigenvalue weighted by molar-refractivity contribution is 1.05. The van der Waals surface area contributed by atoms with Crippen LogP contribution in [0.15, 0.2) is 42.5 Å². The highest BCUT2D eigenvalue weighted by Gasteiger charge is 2.07. The van der Waals surface area contributed by atoms with E-state index in [1.165, 1.54) is 10.8 Å². The molecule has 0 saturated heterocycles. The fourth-order valence-electron chi connectivity index (χ4n) is 2.06. The quantitative estimate of drug-likeness (QED) is 0.744. The zero-order chi connectivity index (χ0) is 14.1.